The summed E-state index contributed by atoms with van der Waals surface area (Å²) in [6.07, 6.45) is 0. The van der Waals surface area contributed by atoms with Crippen LogP contribution in [0.5, 0.6) is 0 Å². The van der Waals surface area contributed by atoms with Gasteiger partial charge in [0.1, 0.15) is 12.6 Å². The Bertz CT molecular complexity index is 1440. The van der Waals surface area contributed by atoms with E-state index in [1.807, 2.05) is 20.8 Å². The maximum absolute atomic E-state index is 14.0. The van der Waals surface area contributed by atoms with Gasteiger partial charge in [-0.2, -0.15) is 0 Å². The van der Waals surface area contributed by atoms with E-state index in [1.54, 1.807) is 62.4 Å². The van der Waals surface area contributed by atoms with Crippen molar-refractivity contribution in [2.75, 3.05) is 10.8 Å². The van der Waals surface area contributed by atoms with Crippen LogP contribution < -0.4 is 9.62 Å². The van der Waals surface area contributed by atoms with Crippen molar-refractivity contribution in [1.82, 2.24) is 10.2 Å². The average Bonchev–Trinajstić information content (AvgIpc) is 2.86. The molecule has 0 aliphatic carbocycles. The molecule has 0 aliphatic heterocycles. The van der Waals surface area contributed by atoms with E-state index in [4.69, 9.17) is 23.2 Å². The molecule has 39 heavy (non-hydrogen) atoms. The van der Waals surface area contributed by atoms with Crippen molar-refractivity contribution in [2.24, 2.45) is 0 Å². The molecule has 2 amide bonds. The van der Waals surface area contributed by atoms with Gasteiger partial charge in [0.05, 0.1) is 10.6 Å². The number of hydrogen-bond donors (Lipinski definition) is 1. The van der Waals surface area contributed by atoms with Gasteiger partial charge in [0.2, 0.25) is 11.8 Å². The standard InChI is InChI=1S/C29H33Cl2N3O4S/c1-19(2)32-29(36)22(5)33(17-23-7-6-8-24(30)15-23)28(35)18-34(27-16-25(31)12-11-21(27)4)39(37,38)26-13-9-20(3)10-14-26/h6-16,19,22H,17-18H2,1-5H3,(H,32,36)/t22-/m1/s1. The number of benzene rings is 3. The van der Waals surface area contributed by atoms with Gasteiger partial charge in [-0.25, -0.2) is 8.42 Å². The van der Waals surface area contributed by atoms with Gasteiger partial charge in [0.25, 0.3) is 10.0 Å². The lowest BCUT2D eigenvalue weighted by atomic mass is 10.1. The van der Waals surface area contributed by atoms with Gasteiger partial charge in [-0.3, -0.25) is 13.9 Å². The lowest BCUT2D eigenvalue weighted by Gasteiger charge is -2.32. The topological polar surface area (TPSA) is 86.8 Å². The molecule has 1 atom stereocenters. The molecule has 3 rings (SSSR count). The van der Waals surface area contributed by atoms with Crippen molar-refractivity contribution in [1.29, 1.82) is 0 Å². The third-order valence-electron chi connectivity index (χ3n) is 6.17. The van der Waals surface area contributed by atoms with Crippen LogP contribution in [0.25, 0.3) is 0 Å². The number of carbonyl (C=O) groups excluding carboxylic acids is 2. The van der Waals surface area contributed by atoms with Gasteiger partial charge in [0, 0.05) is 22.6 Å². The first kappa shape index (κ1) is 30.5. The molecule has 208 valence electrons. The SMILES string of the molecule is Cc1ccc(S(=O)(=O)N(CC(=O)N(Cc2cccc(Cl)c2)[C@H](C)C(=O)NC(C)C)c2cc(Cl)ccc2C)cc1. The highest BCUT2D eigenvalue weighted by molar-refractivity contribution is 7.92. The Morgan fingerprint density at radius 3 is 2.15 bits per heavy atom. The first-order chi connectivity index (χ1) is 18.3. The second kappa shape index (κ2) is 12.9. The van der Waals surface area contributed by atoms with E-state index < -0.39 is 28.5 Å². The molecule has 0 heterocycles. The normalized spacial score (nSPS) is 12.2. The van der Waals surface area contributed by atoms with E-state index in [0.717, 1.165) is 9.87 Å². The zero-order chi connectivity index (χ0) is 28.9. The Morgan fingerprint density at radius 1 is 0.897 bits per heavy atom. The maximum Gasteiger partial charge on any atom is 0.264 e. The maximum atomic E-state index is 14.0. The summed E-state index contributed by atoms with van der Waals surface area (Å²) in [7, 11) is -4.18. The summed E-state index contributed by atoms with van der Waals surface area (Å²) in [5.41, 5.74) is 2.49. The Labute approximate surface area is 240 Å². The summed E-state index contributed by atoms with van der Waals surface area (Å²) >= 11 is 12.4. The largest absolute Gasteiger partial charge is 0.352 e. The van der Waals surface area contributed by atoms with Crippen molar-refractivity contribution < 1.29 is 18.0 Å². The minimum atomic E-state index is -4.18. The van der Waals surface area contributed by atoms with E-state index in [9.17, 15) is 18.0 Å². The van der Waals surface area contributed by atoms with Crippen LogP contribution in [-0.2, 0) is 26.2 Å². The summed E-state index contributed by atoms with van der Waals surface area (Å²) in [5.74, 6) is -0.913. The molecule has 3 aromatic rings. The van der Waals surface area contributed by atoms with Crippen LogP contribution >= 0.6 is 23.2 Å². The molecule has 0 aliphatic rings. The summed E-state index contributed by atoms with van der Waals surface area (Å²) in [6.45, 7) is 8.38. The van der Waals surface area contributed by atoms with Crippen molar-refractivity contribution in [3.8, 4) is 0 Å². The number of sulfonamides is 1. The Balaban J connectivity index is 2.08. The van der Waals surface area contributed by atoms with Gasteiger partial charge >= 0.3 is 0 Å². The van der Waals surface area contributed by atoms with Crippen LogP contribution in [0.15, 0.2) is 71.6 Å². The van der Waals surface area contributed by atoms with Crippen molar-refractivity contribution in [3.63, 3.8) is 0 Å². The monoisotopic (exact) mass is 589 g/mol. The van der Waals surface area contributed by atoms with Gasteiger partial charge in [-0.15, -0.1) is 0 Å². The fraction of sp³-hybridized carbons (Fsp3) is 0.310. The van der Waals surface area contributed by atoms with Crippen molar-refractivity contribution in [3.05, 3.63) is 93.5 Å². The molecular formula is C29H33Cl2N3O4S. The van der Waals surface area contributed by atoms with Crippen LogP contribution in [0.2, 0.25) is 10.0 Å². The number of aryl methyl sites for hydroxylation is 2. The van der Waals surface area contributed by atoms with E-state index >= 15 is 0 Å². The molecular weight excluding hydrogens is 557 g/mol. The molecule has 0 unspecified atom stereocenters. The summed E-state index contributed by atoms with van der Waals surface area (Å²) in [4.78, 5) is 28.3. The summed E-state index contributed by atoms with van der Waals surface area (Å²) < 4.78 is 28.9. The third kappa shape index (κ3) is 7.75. The number of carbonyl (C=O) groups is 2. The second-order valence-electron chi connectivity index (χ2n) is 9.75. The second-order valence-corrected chi connectivity index (χ2v) is 12.5. The number of anilines is 1. The fourth-order valence-electron chi connectivity index (χ4n) is 4.02. The number of amides is 2. The number of halogens is 2. The molecule has 0 radical (unpaired) electrons. The molecule has 0 spiro atoms. The lowest BCUT2D eigenvalue weighted by molar-refractivity contribution is -0.139. The van der Waals surface area contributed by atoms with Gasteiger partial charge in [0.15, 0.2) is 0 Å². The zero-order valence-corrected chi connectivity index (χ0v) is 24.9. The molecule has 0 aromatic heterocycles. The van der Waals surface area contributed by atoms with Crippen LogP contribution in [-0.4, -0.2) is 43.8 Å². The minimum absolute atomic E-state index is 0.0345. The van der Waals surface area contributed by atoms with Gasteiger partial charge in [-0.05, 0) is 82.1 Å². The smallest absolute Gasteiger partial charge is 0.264 e. The highest BCUT2D eigenvalue weighted by Gasteiger charge is 2.33. The van der Waals surface area contributed by atoms with Crippen LogP contribution in [0, 0.1) is 13.8 Å². The Kier molecular flexibility index (Phi) is 10.0. The van der Waals surface area contributed by atoms with Crippen molar-refractivity contribution >= 4 is 50.7 Å². The Morgan fingerprint density at radius 2 is 1.54 bits per heavy atom. The van der Waals surface area contributed by atoms with Crippen molar-refractivity contribution in [2.45, 2.75) is 58.1 Å². The third-order valence-corrected chi connectivity index (χ3v) is 8.41. The molecule has 3 aromatic carbocycles. The zero-order valence-electron chi connectivity index (χ0n) is 22.6. The molecule has 10 heteroatoms. The van der Waals surface area contributed by atoms with E-state index in [-0.39, 0.29) is 29.1 Å². The predicted octanol–water partition coefficient (Wildman–Crippen LogP) is 5.75. The van der Waals surface area contributed by atoms with E-state index in [0.29, 0.717) is 21.2 Å². The van der Waals surface area contributed by atoms with Crippen LogP contribution in [0.3, 0.4) is 0 Å². The molecule has 0 saturated carbocycles. The summed E-state index contributed by atoms with van der Waals surface area (Å²) in [6, 6.07) is 17.2. The molecule has 0 bridgehead atoms. The number of rotatable bonds is 10. The predicted molar refractivity (Wildman–Crippen MR) is 157 cm³/mol. The first-order valence-electron chi connectivity index (χ1n) is 12.5. The number of hydrogen-bond acceptors (Lipinski definition) is 4. The molecule has 7 nitrogen and oxygen atoms in total. The van der Waals surface area contributed by atoms with Gasteiger partial charge < -0.3 is 10.2 Å². The average molecular weight is 591 g/mol. The highest BCUT2D eigenvalue weighted by Crippen LogP contribution is 2.30. The van der Waals surface area contributed by atoms with Gasteiger partial charge in [-0.1, -0.05) is 59.1 Å². The summed E-state index contributed by atoms with van der Waals surface area (Å²) in [5, 5.41) is 3.64. The highest BCUT2D eigenvalue weighted by atomic mass is 35.5. The first-order valence-corrected chi connectivity index (χ1v) is 14.7. The Hall–Kier alpha value is -3.07. The van der Waals surface area contributed by atoms with E-state index in [2.05, 4.69) is 5.32 Å². The molecule has 0 saturated heterocycles. The van der Waals surface area contributed by atoms with E-state index in [1.165, 1.54) is 23.1 Å². The van der Waals surface area contributed by atoms with Crippen LogP contribution in [0.1, 0.15) is 37.5 Å². The number of nitrogens with one attached hydrogen (secondary N) is 1. The fourth-order valence-corrected chi connectivity index (χ4v) is 5.87. The van der Waals surface area contributed by atoms with Crippen LogP contribution in [0.4, 0.5) is 5.69 Å². The molecule has 0 fully saturated rings. The minimum Gasteiger partial charge on any atom is -0.352 e. The lowest BCUT2D eigenvalue weighted by Crippen LogP contribution is -2.52. The quantitative estimate of drug-likeness (QED) is 0.326. The molecule has 1 N–H and O–H groups in total. The number of nitrogens with zero attached hydrogens (tertiary/aromatic N) is 2.